The molecule has 45 heavy (non-hydrogen) atoms. The molecule has 0 aliphatic heterocycles. The molecule has 0 unspecified atom stereocenters. The Hall–Kier alpha value is -2.46. The van der Waals surface area contributed by atoms with E-state index in [9.17, 15) is 13.2 Å². The molecule has 0 aromatic heterocycles. The van der Waals surface area contributed by atoms with Gasteiger partial charge < -0.3 is 4.55 Å². The second-order valence-corrected chi connectivity index (χ2v) is 15.1. The van der Waals surface area contributed by atoms with E-state index < -0.39 is 15.6 Å². The largest absolute Gasteiger partial charge is 0.741 e. The Morgan fingerprint density at radius 1 is 0.511 bits per heavy atom. The molecule has 5 rings (SSSR count). The van der Waals surface area contributed by atoms with Gasteiger partial charge >= 0.3 is 5.51 Å². The summed E-state index contributed by atoms with van der Waals surface area (Å²) in [6.45, 7) is 4.61. The first-order chi connectivity index (χ1) is 21.0. The van der Waals surface area contributed by atoms with Gasteiger partial charge in [-0.15, -0.1) is 0 Å². The van der Waals surface area contributed by atoms with Crippen LogP contribution >= 0.6 is 15.8 Å². The van der Waals surface area contributed by atoms with E-state index in [1.165, 1.54) is 46.9 Å². The fraction of sp³-hybridized carbons (Fsp3) is 0.200. The number of allylic oxidation sites excluding steroid dienone is 4. The second kappa shape index (κ2) is 22.1. The predicted octanol–water partition coefficient (Wildman–Crippen LogP) is 8.22. The van der Waals surface area contributed by atoms with Crippen LogP contribution < -0.4 is 21.2 Å². The van der Waals surface area contributed by atoms with Gasteiger partial charge in [0.2, 0.25) is 0 Å². The fourth-order valence-electron chi connectivity index (χ4n) is 3.76. The molecule has 0 bridgehead atoms. The third-order valence-corrected chi connectivity index (χ3v) is 11.0. The summed E-state index contributed by atoms with van der Waals surface area (Å²) in [5.74, 6) is 0. The van der Waals surface area contributed by atoms with E-state index in [1.54, 1.807) is 0 Å². The van der Waals surface area contributed by atoms with E-state index in [4.69, 9.17) is 13.0 Å². The molecule has 1 aliphatic rings. The molecule has 1 radical (unpaired) electrons. The first kappa shape index (κ1) is 40.6. The van der Waals surface area contributed by atoms with Crippen LogP contribution in [0.25, 0.3) is 0 Å². The summed E-state index contributed by atoms with van der Waals surface area (Å²) >= 11 is 0. The molecule has 0 N–H and O–H groups in total. The van der Waals surface area contributed by atoms with Crippen LogP contribution in [0.4, 0.5) is 13.2 Å². The van der Waals surface area contributed by atoms with Crippen LogP contribution in [0.15, 0.2) is 146 Å². The number of alkyl halides is 3. The molecule has 243 valence electrons. The summed E-state index contributed by atoms with van der Waals surface area (Å²) < 4.78 is 58.9. The number of hydrogen-bond donors (Lipinski definition) is 0. The number of rotatable bonds is 4. The van der Waals surface area contributed by atoms with Gasteiger partial charge in [0, 0.05) is 19.5 Å². The molecule has 4 aromatic carbocycles. The number of hydrogen-bond acceptors (Lipinski definition) is 3. The van der Waals surface area contributed by atoms with Gasteiger partial charge in [-0.2, -0.15) is 13.2 Å². The predicted molar refractivity (Wildman–Crippen MR) is 182 cm³/mol. The van der Waals surface area contributed by atoms with Gasteiger partial charge in [-0.1, -0.05) is 146 Å². The van der Waals surface area contributed by atoms with Crippen molar-refractivity contribution in [1.82, 2.24) is 0 Å². The van der Waals surface area contributed by atoms with E-state index in [0.29, 0.717) is 0 Å². The van der Waals surface area contributed by atoms with Gasteiger partial charge in [-0.05, 0) is 76.1 Å². The van der Waals surface area contributed by atoms with Gasteiger partial charge in [0.1, 0.15) is 0 Å². The van der Waals surface area contributed by atoms with E-state index in [2.05, 4.69) is 159 Å². The summed E-state index contributed by atoms with van der Waals surface area (Å²) in [7, 11) is -6.43. The van der Waals surface area contributed by atoms with E-state index in [1.807, 2.05) is 0 Å². The van der Waals surface area contributed by atoms with Crippen molar-refractivity contribution in [3.8, 4) is 0 Å². The van der Waals surface area contributed by atoms with E-state index in [0.717, 1.165) is 0 Å². The maximum atomic E-state index is 10.7. The smallest absolute Gasteiger partial charge is 0.485 e. The molecule has 0 fully saturated rings. The van der Waals surface area contributed by atoms with Gasteiger partial charge in [-0.3, -0.25) is 0 Å². The SMILES string of the molecule is C1=C\CC/C=C\CC/1.CP(c1ccccc1)c1ccccc1.CP(c1ccccc1)c1ccccc1.O=S(=O)([O-])C(F)(F)F.[Rh]. The molecular weight excluding hydrogens is 722 g/mol. The standard InChI is InChI=1S/2C13H13P.C8H12.CHF3O3S.Rh/c2*1-14(12-8-4-2-5-9-12)13-10-6-3-7-11-13;1-2-4-6-8-7-5-3-1;2-1(3,4)8(5,6)7;/h2*2-11H,1H3;1-2,7-8H,3-6H2;(H,5,6,7);/p-1/b;;2-1-,8-7-;;. The molecule has 0 saturated heterocycles. The third kappa shape index (κ3) is 16.6. The first-order valence-electron chi connectivity index (χ1n) is 14.0. The Bertz CT molecular complexity index is 1300. The maximum Gasteiger partial charge on any atom is 0.485 e. The Morgan fingerprint density at radius 3 is 0.844 bits per heavy atom. The van der Waals surface area contributed by atoms with Crippen molar-refractivity contribution >= 4 is 47.2 Å². The van der Waals surface area contributed by atoms with Crippen LogP contribution in [-0.2, 0) is 29.6 Å². The van der Waals surface area contributed by atoms with E-state index in [-0.39, 0.29) is 35.3 Å². The van der Waals surface area contributed by atoms with Crippen molar-refractivity contribution in [2.24, 2.45) is 0 Å². The van der Waals surface area contributed by atoms with Crippen LogP contribution in [0.5, 0.6) is 0 Å². The quantitative estimate of drug-likeness (QED) is 0.0693. The van der Waals surface area contributed by atoms with Gasteiger partial charge in [-0.25, -0.2) is 8.42 Å². The zero-order valence-corrected chi connectivity index (χ0v) is 29.4. The van der Waals surface area contributed by atoms with Crippen molar-refractivity contribution in [2.45, 2.75) is 31.2 Å². The van der Waals surface area contributed by atoms with Crippen LogP contribution in [0.1, 0.15) is 25.7 Å². The average Bonchev–Trinajstić information content (AvgIpc) is 3.02. The average molecular weight is 761 g/mol. The fourth-order valence-corrected chi connectivity index (χ4v) is 6.83. The summed E-state index contributed by atoms with van der Waals surface area (Å²) in [6.07, 6.45) is 14.0. The molecule has 0 saturated carbocycles. The molecule has 10 heteroatoms. The van der Waals surface area contributed by atoms with Gasteiger partial charge in [0.15, 0.2) is 10.1 Å². The molecule has 1 aliphatic carbocycles. The summed E-state index contributed by atoms with van der Waals surface area (Å²) in [5, 5.41) is 5.75. The number of halogens is 3. The van der Waals surface area contributed by atoms with Crippen LogP contribution in [0, 0.1) is 0 Å². The maximum absolute atomic E-state index is 10.7. The van der Waals surface area contributed by atoms with Crippen LogP contribution in [-0.4, -0.2) is 31.8 Å². The van der Waals surface area contributed by atoms with Crippen molar-refractivity contribution in [2.75, 3.05) is 13.3 Å². The summed E-state index contributed by atoms with van der Waals surface area (Å²) in [4.78, 5) is 0. The topological polar surface area (TPSA) is 57.2 Å². The van der Waals surface area contributed by atoms with Gasteiger partial charge in [0.25, 0.3) is 0 Å². The normalized spacial score (nSPS) is 14.0. The van der Waals surface area contributed by atoms with Crippen LogP contribution in [0.2, 0.25) is 0 Å². The Morgan fingerprint density at radius 2 is 0.689 bits per heavy atom. The summed E-state index contributed by atoms with van der Waals surface area (Å²) in [5.41, 5.74) is -5.65. The Labute approximate surface area is 281 Å². The molecule has 0 spiro atoms. The molecular formula is C35H38F3O3P2RhS-. The Balaban J connectivity index is 0.000000309. The molecule has 4 aromatic rings. The minimum Gasteiger partial charge on any atom is -0.741 e. The molecule has 3 nitrogen and oxygen atoms in total. The third-order valence-electron chi connectivity index (χ3n) is 6.19. The molecule has 0 heterocycles. The van der Waals surface area contributed by atoms with E-state index >= 15 is 0 Å². The van der Waals surface area contributed by atoms with Gasteiger partial charge in [0.05, 0.1) is 0 Å². The first-order valence-corrected chi connectivity index (χ1v) is 19.0. The number of benzene rings is 4. The van der Waals surface area contributed by atoms with Crippen molar-refractivity contribution in [1.29, 1.82) is 0 Å². The minimum atomic E-state index is -6.09. The zero-order chi connectivity index (χ0) is 32.3. The second-order valence-electron chi connectivity index (χ2n) is 9.46. The minimum absolute atomic E-state index is 0. The van der Waals surface area contributed by atoms with Crippen molar-refractivity contribution in [3.63, 3.8) is 0 Å². The Kier molecular flexibility index (Phi) is 20.0. The van der Waals surface area contributed by atoms with Crippen molar-refractivity contribution < 1.29 is 45.6 Å². The monoisotopic (exact) mass is 760 g/mol. The molecule has 0 atom stereocenters. The van der Waals surface area contributed by atoms with Crippen LogP contribution in [0.3, 0.4) is 0 Å². The van der Waals surface area contributed by atoms with Crippen molar-refractivity contribution in [3.05, 3.63) is 146 Å². The summed E-state index contributed by atoms with van der Waals surface area (Å²) in [6, 6.07) is 42.8. The zero-order valence-electron chi connectivity index (χ0n) is 25.2. The molecule has 0 amide bonds.